The van der Waals surface area contributed by atoms with E-state index >= 15 is 0 Å². The molecule has 1 aromatic carbocycles. The maximum Gasteiger partial charge on any atom is 1.00 e. The van der Waals surface area contributed by atoms with Crippen molar-refractivity contribution in [1.29, 1.82) is 0 Å². The molecule has 0 radical (unpaired) electrons. The van der Waals surface area contributed by atoms with Gasteiger partial charge in [-0.3, -0.25) is 9.78 Å². The topological polar surface area (TPSA) is 68.9 Å². The number of carbonyl (C=O) groups excluding carboxylic acids is 1. The summed E-state index contributed by atoms with van der Waals surface area (Å²) in [6.07, 6.45) is 6.10. The van der Waals surface area contributed by atoms with Crippen molar-refractivity contribution in [3.8, 4) is 0 Å². The number of ketones is 1. The fourth-order valence-electron chi connectivity index (χ4n) is 1.89. The van der Waals surface area contributed by atoms with Crippen LogP contribution in [0.15, 0.2) is 47.2 Å². The van der Waals surface area contributed by atoms with E-state index in [9.17, 15) is 4.79 Å². The van der Waals surface area contributed by atoms with Crippen LogP contribution in [-0.4, -0.2) is 20.9 Å². The number of aromatic nitrogens is 3. The summed E-state index contributed by atoms with van der Waals surface area (Å²) in [6.45, 7) is 8.05. The zero-order chi connectivity index (χ0) is 18.3. The first-order chi connectivity index (χ1) is 11.9. The summed E-state index contributed by atoms with van der Waals surface area (Å²) < 4.78 is 4.89. The molecular formula is C20H21KN3O2-. The third kappa shape index (κ3) is 7.59. The molecule has 0 bridgehead atoms. The Kier molecular flexibility index (Phi) is 9.53. The third-order valence-corrected chi connectivity index (χ3v) is 3.35. The van der Waals surface area contributed by atoms with Crippen molar-refractivity contribution in [3.05, 3.63) is 77.7 Å². The summed E-state index contributed by atoms with van der Waals surface area (Å²) >= 11 is 0. The minimum atomic E-state index is -0.0151. The second-order valence-corrected chi connectivity index (χ2v) is 6.62. The largest absolute Gasteiger partial charge is 1.00 e. The number of benzene rings is 1. The Balaban J connectivity index is 0.000000290. The molecule has 2 heterocycles. The van der Waals surface area contributed by atoms with Crippen molar-refractivity contribution < 1.29 is 60.7 Å². The molecular weight excluding hydrogens is 353 g/mol. The molecule has 0 aliphatic rings. The van der Waals surface area contributed by atoms with E-state index in [1.807, 2.05) is 19.1 Å². The molecule has 5 nitrogen and oxygen atoms in total. The second kappa shape index (κ2) is 10.8. The quantitative estimate of drug-likeness (QED) is 0.385. The van der Waals surface area contributed by atoms with Crippen molar-refractivity contribution in [1.82, 2.24) is 15.1 Å². The van der Waals surface area contributed by atoms with Gasteiger partial charge in [-0.05, 0) is 18.1 Å². The molecule has 3 rings (SSSR count). The van der Waals surface area contributed by atoms with Crippen molar-refractivity contribution in [2.24, 2.45) is 0 Å². The van der Waals surface area contributed by atoms with Gasteiger partial charge < -0.3 is 4.52 Å². The number of rotatable bonds is 3. The average Bonchev–Trinajstić information content (AvgIpc) is 3.12. The van der Waals surface area contributed by atoms with E-state index in [1.54, 1.807) is 24.4 Å². The number of nitrogens with zero attached hydrogens (tertiary/aromatic N) is 3. The van der Waals surface area contributed by atoms with Gasteiger partial charge in [-0.25, -0.2) is 10.1 Å². The minimum Gasteiger partial charge on any atom is -0.470 e. The molecule has 0 spiro atoms. The Labute approximate surface area is 197 Å². The van der Waals surface area contributed by atoms with E-state index in [0.717, 1.165) is 17.0 Å². The van der Waals surface area contributed by atoms with Crippen molar-refractivity contribution >= 4 is 5.78 Å². The summed E-state index contributed by atoms with van der Waals surface area (Å²) in [6, 6.07) is 12.0. The molecule has 0 fully saturated rings. The fourth-order valence-corrected chi connectivity index (χ4v) is 1.89. The molecule has 0 amide bonds. The number of aryl methyl sites for hydroxylation is 1. The molecule has 0 saturated carbocycles. The predicted octanol–water partition coefficient (Wildman–Crippen LogP) is 0.787. The molecule has 0 saturated heterocycles. The van der Waals surface area contributed by atoms with E-state index in [-0.39, 0.29) is 62.6 Å². The first-order valence-corrected chi connectivity index (χ1v) is 7.96. The van der Waals surface area contributed by atoms with E-state index < -0.39 is 0 Å². The van der Waals surface area contributed by atoms with Gasteiger partial charge in [-0.15, -0.1) is 6.20 Å². The zero-order valence-electron chi connectivity index (χ0n) is 15.9. The molecule has 0 N–H and O–H groups in total. The van der Waals surface area contributed by atoms with E-state index in [1.165, 1.54) is 6.20 Å². The summed E-state index contributed by atoms with van der Waals surface area (Å²) in [5.74, 6) is 0.862. The van der Waals surface area contributed by atoms with E-state index in [4.69, 9.17) is 4.52 Å². The maximum absolute atomic E-state index is 11.8. The fraction of sp³-hybridized carbons (Fsp3) is 0.300. The number of carbonyl (C=O) groups is 1. The number of hydrogen-bond acceptors (Lipinski definition) is 5. The average molecular weight is 375 g/mol. The van der Waals surface area contributed by atoms with Gasteiger partial charge in [0.05, 0.1) is 11.9 Å². The van der Waals surface area contributed by atoms with Gasteiger partial charge in [-0.2, -0.15) is 42.0 Å². The van der Waals surface area contributed by atoms with Crippen LogP contribution in [0.5, 0.6) is 0 Å². The van der Waals surface area contributed by atoms with Crippen LogP contribution in [0.25, 0.3) is 0 Å². The summed E-state index contributed by atoms with van der Waals surface area (Å²) in [4.78, 5) is 19.9. The Morgan fingerprint density at radius 2 is 1.85 bits per heavy atom. The van der Waals surface area contributed by atoms with Gasteiger partial charge in [0.15, 0.2) is 5.78 Å². The van der Waals surface area contributed by atoms with E-state index in [0.29, 0.717) is 12.1 Å². The SMILES string of the molecule is CC(C)(C)c1c[c-]no1.Cc1cnc(C(=O)Cc2cc[c-]cc2)cn1.[K+]. The molecule has 6 heteroatoms. The van der Waals surface area contributed by atoms with Gasteiger partial charge in [0.25, 0.3) is 0 Å². The third-order valence-electron chi connectivity index (χ3n) is 3.35. The zero-order valence-corrected chi connectivity index (χ0v) is 19.0. The molecule has 130 valence electrons. The molecule has 0 atom stereocenters. The van der Waals surface area contributed by atoms with Crippen LogP contribution >= 0.6 is 0 Å². The molecule has 0 aliphatic heterocycles. The number of hydrogen-bond donors (Lipinski definition) is 0. The smallest absolute Gasteiger partial charge is 0.470 e. The summed E-state index contributed by atoms with van der Waals surface area (Å²) in [5, 5.41) is 3.49. The van der Waals surface area contributed by atoms with Crippen molar-refractivity contribution in [3.63, 3.8) is 0 Å². The van der Waals surface area contributed by atoms with Gasteiger partial charge >= 0.3 is 51.4 Å². The first kappa shape index (κ1) is 22.9. The van der Waals surface area contributed by atoms with Crippen LogP contribution in [0.1, 0.15) is 48.3 Å². The van der Waals surface area contributed by atoms with Gasteiger partial charge in [0.2, 0.25) is 0 Å². The summed E-state index contributed by atoms with van der Waals surface area (Å²) in [7, 11) is 0. The molecule has 0 aliphatic carbocycles. The van der Waals surface area contributed by atoms with Crippen LogP contribution in [0.4, 0.5) is 0 Å². The van der Waals surface area contributed by atoms with Crippen LogP contribution in [-0.2, 0) is 11.8 Å². The minimum absolute atomic E-state index is 0. The monoisotopic (exact) mass is 374 g/mol. The van der Waals surface area contributed by atoms with Gasteiger partial charge in [-0.1, -0.05) is 20.8 Å². The first-order valence-electron chi connectivity index (χ1n) is 7.96. The van der Waals surface area contributed by atoms with Crippen molar-refractivity contribution in [2.75, 3.05) is 0 Å². The van der Waals surface area contributed by atoms with Gasteiger partial charge in [0.1, 0.15) is 5.69 Å². The Bertz CT molecular complexity index is 780. The maximum atomic E-state index is 11.8. The van der Waals surface area contributed by atoms with E-state index in [2.05, 4.69) is 48.2 Å². The Morgan fingerprint density at radius 3 is 2.31 bits per heavy atom. The predicted molar refractivity (Wildman–Crippen MR) is 94.1 cm³/mol. The van der Waals surface area contributed by atoms with Crippen LogP contribution in [0.2, 0.25) is 0 Å². The van der Waals surface area contributed by atoms with Gasteiger partial charge in [0, 0.05) is 12.6 Å². The van der Waals surface area contributed by atoms with Crippen LogP contribution in [0, 0.1) is 19.2 Å². The van der Waals surface area contributed by atoms with Crippen molar-refractivity contribution in [2.45, 2.75) is 39.5 Å². The Hall–Kier alpha value is -1.18. The van der Waals surface area contributed by atoms with Crippen LogP contribution in [0.3, 0.4) is 0 Å². The van der Waals surface area contributed by atoms with Crippen LogP contribution < -0.4 is 51.4 Å². The molecule has 2 aromatic heterocycles. The summed E-state index contributed by atoms with van der Waals surface area (Å²) in [5.41, 5.74) is 2.25. The standard InChI is InChI=1S/C13H11N2O.C7H10NO.K/c1-10-8-15-12(9-14-10)13(16)7-11-5-3-2-4-6-11;1-7(2,3)6-4-5-8-9-6;/h3-6,8-9H,7H2,1H3;4H,1-3H3;/q2*-1;+1. The molecule has 0 unspecified atom stereocenters. The second-order valence-electron chi connectivity index (χ2n) is 6.62. The molecule has 3 aromatic rings. The Morgan fingerprint density at radius 1 is 1.15 bits per heavy atom. The normalized spacial score (nSPS) is 10.3. The number of Topliss-reactive ketones (excluding diaryl/α,β-unsaturated/α-hetero) is 1. The molecule has 26 heavy (non-hydrogen) atoms.